The number of nitrogens with zero attached hydrogens (tertiary/aromatic N) is 1. The number of rotatable bonds is 1. The lowest BCUT2D eigenvalue weighted by Gasteiger charge is -2.33. The van der Waals surface area contributed by atoms with E-state index in [0.29, 0.717) is 5.02 Å². The Morgan fingerprint density at radius 1 is 1.09 bits per heavy atom. The number of hydrogen-bond acceptors (Lipinski definition) is 2. The fourth-order valence-corrected chi connectivity index (χ4v) is 3.51. The molecule has 4 heteroatoms. The normalized spacial score (nSPS) is 17.4. The average molecular weight is 337 g/mol. The first kappa shape index (κ1) is 17.1. The molecule has 2 nitrogen and oxygen atoms in total. The van der Waals surface area contributed by atoms with Gasteiger partial charge in [-0.15, -0.1) is 0 Å². The Morgan fingerprint density at radius 2 is 1.77 bits per heavy atom. The molecular formula is C18H22Cl2N2. The van der Waals surface area contributed by atoms with Crippen LogP contribution in [-0.2, 0) is 6.54 Å². The van der Waals surface area contributed by atoms with Crippen LogP contribution in [0.3, 0.4) is 0 Å². The Bertz CT molecular complexity index is 656. The first-order valence-electron chi connectivity index (χ1n) is 7.57. The largest absolute Gasteiger partial charge is 0.398 e. The monoisotopic (exact) mass is 336 g/mol. The average Bonchev–Trinajstić information content (AvgIpc) is 2.50. The third-order valence-electron chi connectivity index (χ3n) is 3.86. The standard InChI is InChI=1S/C16H16Cl2N2.C2H6/c1-20-8-13(11-4-2-3-5-16(11)19)12-6-10(17)7-15(18)14(12)9-20;1-2/h2-7,13H,8-9,19H2,1H3;1-2H3. The van der Waals surface area contributed by atoms with E-state index < -0.39 is 0 Å². The van der Waals surface area contributed by atoms with Gasteiger partial charge >= 0.3 is 0 Å². The van der Waals surface area contributed by atoms with E-state index in [1.165, 1.54) is 5.56 Å². The molecule has 118 valence electrons. The molecule has 2 aromatic carbocycles. The molecule has 0 spiro atoms. The SMILES string of the molecule is CC.CN1Cc2c(Cl)cc(Cl)cc2C(c2ccccc2N)C1. The van der Waals surface area contributed by atoms with Crippen molar-refractivity contribution < 1.29 is 0 Å². The van der Waals surface area contributed by atoms with Gasteiger partial charge in [0, 0.05) is 34.7 Å². The van der Waals surface area contributed by atoms with Crippen LogP contribution in [0, 0.1) is 0 Å². The van der Waals surface area contributed by atoms with Gasteiger partial charge < -0.3 is 10.6 Å². The molecule has 2 aromatic rings. The number of para-hydroxylation sites is 1. The number of benzene rings is 2. The molecule has 22 heavy (non-hydrogen) atoms. The summed E-state index contributed by atoms with van der Waals surface area (Å²) in [5.74, 6) is 0.209. The molecule has 1 atom stereocenters. The van der Waals surface area contributed by atoms with Crippen LogP contribution in [0.1, 0.15) is 36.5 Å². The number of halogens is 2. The molecule has 1 aliphatic rings. The molecule has 0 fully saturated rings. The van der Waals surface area contributed by atoms with Gasteiger partial charge in [-0.2, -0.15) is 0 Å². The van der Waals surface area contributed by atoms with Gasteiger partial charge in [-0.25, -0.2) is 0 Å². The van der Waals surface area contributed by atoms with E-state index in [4.69, 9.17) is 28.9 Å². The second kappa shape index (κ2) is 7.36. The minimum absolute atomic E-state index is 0.209. The van der Waals surface area contributed by atoms with Crippen LogP contribution in [0.15, 0.2) is 36.4 Å². The van der Waals surface area contributed by atoms with E-state index in [9.17, 15) is 0 Å². The summed E-state index contributed by atoms with van der Waals surface area (Å²) in [5.41, 5.74) is 10.4. The van der Waals surface area contributed by atoms with Crippen LogP contribution in [0.2, 0.25) is 10.0 Å². The lowest BCUT2D eigenvalue weighted by Crippen LogP contribution is -2.31. The van der Waals surface area contributed by atoms with Crippen molar-refractivity contribution in [1.82, 2.24) is 4.90 Å². The van der Waals surface area contributed by atoms with E-state index in [1.54, 1.807) is 0 Å². The topological polar surface area (TPSA) is 29.3 Å². The van der Waals surface area contributed by atoms with Crippen LogP contribution in [0.25, 0.3) is 0 Å². The lowest BCUT2D eigenvalue weighted by molar-refractivity contribution is 0.295. The third kappa shape index (κ3) is 3.40. The summed E-state index contributed by atoms with van der Waals surface area (Å²) in [4.78, 5) is 2.26. The third-order valence-corrected chi connectivity index (χ3v) is 4.42. The van der Waals surface area contributed by atoms with Crippen LogP contribution < -0.4 is 5.73 Å². The lowest BCUT2D eigenvalue weighted by atomic mass is 9.84. The Kier molecular flexibility index (Phi) is 5.74. The van der Waals surface area contributed by atoms with E-state index >= 15 is 0 Å². The molecule has 0 amide bonds. The molecule has 1 unspecified atom stereocenters. The number of nitrogens with two attached hydrogens (primary N) is 1. The second-order valence-electron chi connectivity index (χ2n) is 5.33. The van der Waals surface area contributed by atoms with Gasteiger partial charge in [-0.1, -0.05) is 55.2 Å². The Balaban J connectivity index is 0.000000847. The van der Waals surface area contributed by atoms with Crippen molar-refractivity contribution >= 4 is 28.9 Å². The number of likely N-dealkylation sites (N-methyl/N-ethyl adjacent to an activating group) is 1. The van der Waals surface area contributed by atoms with Crippen molar-refractivity contribution in [2.75, 3.05) is 19.3 Å². The molecular weight excluding hydrogens is 315 g/mol. The zero-order valence-electron chi connectivity index (χ0n) is 13.2. The smallest absolute Gasteiger partial charge is 0.0468 e. The number of hydrogen-bond donors (Lipinski definition) is 1. The zero-order chi connectivity index (χ0) is 16.3. The molecule has 0 radical (unpaired) electrons. The van der Waals surface area contributed by atoms with E-state index in [0.717, 1.165) is 34.9 Å². The predicted molar refractivity (Wildman–Crippen MR) is 96.8 cm³/mol. The van der Waals surface area contributed by atoms with Crippen LogP contribution in [0.5, 0.6) is 0 Å². The maximum Gasteiger partial charge on any atom is 0.0468 e. The van der Waals surface area contributed by atoms with E-state index in [1.807, 2.05) is 44.2 Å². The quantitative estimate of drug-likeness (QED) is 0.727. The van der Waals surface area contributed by atoms with E-state index in [-0.39, 0.29) is 5.92 Å². The number of anilines is 1. The molecule has 2 N–H and O–H groups in total. The predicted octanol–water partition coefficient (Wildman–Crippen LogP) is 5.18. The maximum absolute atomic E-state index is 6.36. The summed E-state index contributed by atoms with van der Waals surface area (Å²) < 4.78 is 0. The molecule has 0 saturated heterocycles. The summed E-state index contributed by atoms with van der Waals surface area (Å²) in [6, 6.07) is 11.8. The van der Waals surface area contributed by atoms with Crippen molar-refractivity contribution in [1.29, 1.82) is 0 Å². The summed E-state index contributed by atoms with van der Waals surface area (Å²) in [5, 5.41) is 1.41. The maximum atomic E-state index is 6.36. The van der Waals surface area contributed by atoms with Crippen LogP contribution in [0.4, 0.5) is 5.69 Å². The first-order chi connectivity index (χ1) is 10.6. The van der Waals surface area contributed by atoms with Gasteiger partial charge in [-0.3, -0.25) is 0 Å². The molecule has 0 aliphatic carbocycles. The Hall–Kier alpha value is -1.22. The van der Waals surface area contributed by atoms with Crippen molar-refractivity contribution in [3.8, 4) is 0 Å². The summed E-state index contributed by atoms with van der Waals surface area (Å²) in [7, 11) is 2.10. The zero-order valence-corrected chi connectivity index (χ0v) is 14.7. The van der Waals surface area contributed by atoms with Gasteiger partial charge in [0.05, 0.1) is 0 Å². The van der Waals surface area contributed by atoms with Gasteiger partial charge in [0.15, 0.2) is 0 Å². The second-order valence-corrected chi connectivity index (χ2v) is 6.18. The van der Waals surface area contributed by atoms with E-state index in [2.05, 4.69) is 18.0 Å². The molecule has 0 bridgehead atoms. The van der Waals surface area contributed by atoms with Crippen molar-refractivity contribution in [3.63, 3.8) is 0 Å². The summed E-state index contributed by atoms with van der Waals surface area (Å²) >= 11 is 12.5. The minimum Gasteiger partial charge on any atom is -0.398 e. The number of fused-ring (bicyclic) bond motifs is 1. The van der Waals surface area contributed by atoms with Crippen LogP contribution >= 0.6 is 23.2 Å². The number of nitrogen functional groups attached to an aromatic ring is 1. The van der Waals surface area contributed by atoms with Gasteiger partial charge in [0.25, 0.3) is 0 Å². The molecule has 0 saturated carbocycles. The first-order valence-corrected chi connectivity index (χ1v) is 8.32. The minimum atomic E-state index is 0.209. The highest BCUT2D eigenvalue weighted by Crippen LogP contribution is 2.39. The highest BCUT2D eigenvalue weighted by molar-refractivity contribution is 6.35. The van der Waals surface area contributed by atoms with Crippen molar-refractivity contribution in [2.45, 2.75) is 26.3 Å². The Labute approximate surface area is 142 Å². The molecule has 0 aromatic heterocycles. The van der Waals surface area contributed by atoms with Crippen molar-refractivity contribution in [2.24, 2.45) is 0 Å². The molecule has 1 aliphatic heterocycles. The fourth-order valence-electron chi connectivity index (χ4n) is 2.94. The molecule has 3 rings (SSSR count). The highest BCUT2D eigenvalue weighted by Gasteiger charge is 2.27. The van der Waals surface area contributed by atoms with Gasteiger partial charge in [-0.05, 0) is 41.9 Å². The van der Waals surface area contributed by atoms with Crippen LogP contribution in [-0.4, -0.2) is 18.5 Å². The highest BCUT2D eigenvalue weighted by atomic mass is 35.5. The Morgan fingerprint density at radius 3 is 2.45 bits per heavy atom. The summed E-state index contributed by atoms with van der Waals surface area (Å²) in [6.07, 6.45) is 0. The van der Waals surface area contributed by atoms with Gasteiger partial charge in [0.1, 0.15) is 0 Å². The summed E-state index contributed by atoms with van der Waals surface area (Å²) in [6.45, 7) is 5.76. The fraction of sp³-hybridized carbons (Fsp3) is 0.333. The van der Waals surface area contributed by atoms with Gasteiger partial charge in [0.2, 0.25) is 0 Å². The van der Waals surface area contributed by atoms with Crippen molar-refractivity contribution in [3.05, 3.63) is 63.1 Å². The molecule has 1 heterocycles.